The summed E-state index contributed by atoms with van der Waals surface area (Å²) in [5.41, 5.74) is 1.41. The normalized spacial score (nSPS) is 19.5. The first kappa shape index (κ1) is 26.4. The Balaban J connectivity index is 1.68. The molecule has 1 unspecified atom stereocenters. The number of hydrogen-bond acceptors (Lipinski definition) is 5. The van der Waals surface area contributed by atoms with E-state index in [-0.39, 0.29) is 24.7 Å². The number of ether oxygens (including phenoxy) is 3. The number of para-hydroxylation sites is 1. The van der Waals surface area contributed by atoms with Gasteiger partial charge in [0.05, 0.1) is 18.3 Å². The molecule has 0 fully saturated rings. The number of Topliss-reactive ketones (excluding diaryl/α,β-unsaturated/α-hetero) is 1. The Kier molecular flexibility index (Phi) is 7.42. The molecule has 0 saturated heterocycles. The Morgan fingerprint density at radius 2 is 1.86 bits per heavy atom. The van der Waals surface area contributed by atoms with E-state index in [0.717, 1.165) is 0 Å². The molecule has 5 nitrogen and oxygen atoms in total. The van der Waals surface area contributed by atoms with Crippen molar-refractivity contribution in [3.63, 3.8) is 0 Å². The average Bonchev–Trinajstić information content (AvgIpc) is 2.82. The summed E-state index contributed by atoms with van der Waals surface area (Å²) in [6.07, 6.45) is -3.97. The highest BCUT2D eigenvalue weighted by Crippen LogP contribution is 2.44. The molecule has 11 heteroatoms. The second-order valence-corrected chi connectivity index (χ2v) is 8.68. The number of fused-ring (bicyclic) bond motifs is 1. The van der Waals surface area contributed by atoms with Gasteiger partial charge >= 0.3 is 12.5 Å². The molecule has 2 atom stereocenters. The lowest BCUT2D eigenvalue weighted by molar-refractivity contribution is -0.274. The molecule has 37 heavy (non-hydrogen) atoms. The van der Waals surface area contributed by atoms with Gasteiger partial charge in [-0.05, 0) is 49.3 Å². The molecular weight excluding hydrogens is 504 g/mol. The van der Waals surface area contributed by atoms with Gasteiger partial charge in [0.15, 0.2) is 12.4 Å². The molecule has 0 saturated carbocycles. The smallest absolute Gasteiger partial charge is 0.489 e. The van der Waals surface area contributed by atoms with E-state index in [4.69, 9.17) is 4.74 Å². The van der Waals surface area contributed by atoms with Crippen molar-refractivity contribution < 1.29 is 45.3 Å². The summed E-state index contributed by atoms with van der Waals surface area (Å²) in [4.78, 5) is 14.0. The molecule has 0 spiro atoms. The maximum Gasteiger partial charge on any atom is 0.573 e. The van der Waals surface area contributed by atoms with E-state index in [1.54, 1.807) is 35.2 Å². The number of alkyl halides is 6. The molecule has 198 valence electrons. The van der Waals surface area contributed by atoms with Gasteiger partial charge in [-0.15, -0.1) is 13.2 Å². The molecule has 1 aliphatic carbocycles. The minimum Gasteiger partial charge on any atom is -0.489 e. The van der Waals surface area contributed by atoms with E-state index in [1.165, 1.54) is 37.3 Å². The molecule has 2 aromatic rings. The largest absolute Gasteiger partial charge is 0.573 e. The topological polar surface area (TPSA) is 48.0 Å². The molecule has 0 N–H and O–H groups in total. The van der Waals surface area contributed by atoms with Crippen molar-refractivity contribution in [1.29, 1.82) is 0 Å². The van der Waals surface area contributed by atoms with Crippen LogP contribution in [0.15, 0.2) is 66.5 Å². The van der Waals surface area contributed by atoms with Gasteiger partial charge in [0.2, 0.25) is 0 Å². The lowest BCUT2D eigenvalue weighted by Crippen LogP contribution is -2.49. The third-order valence-electron chi connectivity index (χ3n) is 5.86. The van der Waals surface area contributed by atoms with Crippen LogP contribution in [0.5, 0.6) is 11.5 Å². The Labute approximate surface area is 208 Å². The zero-order valence-electron chi connectivity index (χ0n) is 19.6. The number of halogens is 6. The number of carbonyl (C=O) groups is 1. The number of ketones is 1. The Morgan fingerprint density at radius 1 is 1.11 bits per heavy atom. The fraction of sp³-hybridized carbons (Fsp3) is 0.346. The summed E-state index contributed by atoms with van der Waals surface area (Å²) < 4.78 is 92.2. The summed E-state index contributed by atoms with van der Waals surface area (Å²) in [7, 11) is 0. The minimum atomic E-state index is -4.85. The van der Waals surface area contributed by atoms with Gasteiger partial charge in [-0.3, -0.25) is 4.79 Å². The number of benzene rings is 2. The summed E-state index contributed by atoms with van der Waals surface area (Å²) in [6.45, 7) is -0.539. The predicted octanol–water partition coefficient (Wildman–Crippen LogP) is 6.45. The maximum absolute atomic E-state index is 13.5. The highest BCUT2D eigenvalue weighted by atomic mass is 19.4. The number of allylic oxidation sites excluding steroid dienone is 2. The molecule has 0 radical (unpaired) electrons. The summed E-state index contributed by atoms with van der Waals surface area (Å²) >= 11 is 0. The number of nitrogens with zero attached hydrogens (tertiary/aromatic N) is 1. The van der Waals surface area contributed by atoms with E-state index in [1.807, 2.05) is 0 Å². The summed E-state index contributed by atoms with van der Waals surface area (Å²) in [5.74, 6) is -0.800. The molecule has 0 bridgehead atoms. The number of anilines is 1. The van der Waals surface area contributed by atoms with Gasteiger partial charge in [0.1, 0.15) is 23.9 Å². The number of carbonyl (C=O) groups excluding carboxylic acids is 1. The van der Waals surface area contributed by atoms with Crippen molar-refractivity contribution in [3.05, 3.63) is 66.5 Å². The molecule has 2 aromatic carbocycles. The molecule has 2 aliphatic rings. The third kappa shape index (κ3) is 6.39. The van der Waals surface area contributed by atoms with E-state index in [2.05, 4.69) is 9.47 Å². The highest BCUT2D eigenvalue weighted by Gasteiger charge is 2.37. The number of hydrogen-bond donors (Lipinski definition) is 0. The Bertz CT molecular complexity index is 1210. The monoisotopic (exact) mass is 527 g/mol. The van der Waals surface area contributed by atoms with Gasteiger partial charge in [0.25, 0.3) is 0 Å². The van der Waals surface area contributed by atoms with Crippen LogP contribution in [0.4, 0.5) is 32.0 Å². The van der Waals surface area contributed by atoms with Gasteiger partial charge in [-0.2, -0.15) is 8.78 Å². The van der Waals surface area contributed by atoms with Gasteiger partial charge in [-0.25, -0.2) is 4.39 Å². The van der Waals surface area contributed by atoms with Crippen LogP contribution in [0.1, 0.15) is 13.3 Å². The zero-order valence-corrected chi connectivity index (χ0v) is 19.6. The molecule has 0 aromatic heterocycles. The van der Waals surface area contributed by atoms with Crippen LogP contribution in [-0.2, 0) is 9.53 Å². The quantitative estimate of drug-likeness (QED) is 0.370. The van der Waals surface area contributed by atoms with Crippen LogP contribution in [0.25, 0.3) is 11.1 Å². The van der Waals surface area contributed by atoms with E-state index in [0.29, 0.717) is 29.0 Å². The van der Waals surface area contributed by atoms with Crippen LogP contribution in [0.2, 0.25) is 0 Å². The van der Waals surface area contributed by atoms with E-state index >= 15 is 0 Å². The first-order chi connectivity index (χ1) is 17.5. The second kappa shape index (κ2) is 10.4. The summed E-state index contributed by atoms with van der Waals surface area (Å²) in [6, 6.07) is 10.0. The van der Waals surface area contributed by atoms with Crippen molar-refractivity contribution in [3.8, 4) is 22.6 Å². The molecule has 4 rings (SSSR count). The molecular formula is C26H23F6NO4. The standard InChI is InChI=1S/C26H23F6NO4/c1-16(34)13-33-22-10-4-9-21(17-5-2-8-20(11-17)37-26(30,31)32)24(22)35-14-23(33)18-6-3-7-19(12-18)36-25(28,29)15-27/h2-5,7-12,18,23H,6,13-15H2,1H3/t18?,23-/m1/s1. The Morgan fingerprint density at radius 3 is 2.57 bits per heavy atom. The van der Waals surface area contributed by atoms with Crippen molar-refractivity contribution in [2.45, 2.75) is 31.9 Å². The van der Waals surface area contributed by atoms with Crippen molar-refractivity contribution >= 4 is 11.5 Å². The lowest BCUT2D eigenvalue weighted by Gasteiger charge is -2.42. The SMILES string of the molecule is CC(=O)CN1c2cccc(-c3cccc(OC(F)(F)F)c3)c2OC[C@@H]1C1C=C(OC(F)(F)CF)C=CC1. The summed E-state index contributed by atoms with van der Waals surface area (Å²) in [5, 5.41) is 0. The second-order valence-electron chi connectivity index (χ2n) is 8.68. The van der Waals surface area contributed by atoms with Crippen LogP contribution < -0.4 is 14.4 Å². The molecule has 1 heterocycles. The zero-order chi connectivity index (χ0) is 26.8. The van der Waals surface area contributed by atoms with E-state index in [9.17, 15) is 31.1 Å². The van der Waals surface area contributed by atoms with Crippen molar-refractivity contribution in [2.75, 3.05) is 24.7 Å². The van der Waals surface area contributed by atoms with Crippen LogP contribution in [0.3, 0.4) is 0 Å². The van der Waals surface area contributed by atoms with Crippen molar-refractivity contribution in [2.24, 2.45) is 5.92 Å². The van der Waals surface area contributed by atoms with Crippen LogP contribution in [-0.4, -0.2) is 44.1 Å². The Hall–Kier alpha value is -3.63. The van der Waals surface area contributed by atoms with E-state index < -0.39 is 36.9 Å². The molecule has 0 amide bonds. The van der Waals surface area contributed by atoms with Gasteiger partial charge in [-0.1, -0.05) is 30.3 Å². The fourth-order valence-electron chi connectivity index (χ4n) is 4.44. The first-order valence-electron chi connectivity index (χ1n) is 11.3. The third-order valence-corrected chi connectivity index (χ3v) is 5.86. The predicted molar refractivity (Wildman–Crippen MR) is 123 cm³/mol. The van der Waals surface area contributed by atoms with Crippen LogP contribution >= 0.6 is 0 Å². The number of rotatable bonds is 8. The van der Waals surface area contributed by atoms with Gasteiger partial charge < -0.3 is 19.1 Å². The lowest BCUT2D eigenvalue weighted by atomic mass is 9.89. The first-order valence-corrected chi connectivity index (χ1v) is 11.3. The minimum absolute atomic E-state index is 0.0212. The van der Waals surface area contributed by atoms with Crippen molar-refractivity contribution in [1.82, 2.24) is 0 Å². The molecule has 1 aliphatic heterocycles. The fourth-order valence-corrected chi connectivity index (χ4v) is 4.44. The van der Waals surface area contributed by atoms with Crippen LogP contribution in [0, 0.1) is 5.92 Å². The maximum atomic E-state index is 13.5. The van der Waals surface area contributed by atoms with Gasteiger partial charge in [0, 0.05) is 11.5 Å². The average molecular weight is 527 g/mol. The highest BCUT2D eigenvalue weighted by molar-refractivity contribution is 5.85.